The molecule has 1 aliphatic carbocycles. The molecular formula is C14H14F3N3. The van der Waals surface area contributed by atoms with E-state index in [1.165, 1.54) is 10.7 Å². The van der Waals surface area contributed by atoms with Gasteiger partial charge in [-0.15, -0.1) is 0 Å². The van der Waals surface area contributed by atoms with Crippen LogP contribution >= 0.6 is 0 Å². The molecule has 3 nitrogen and oxygen atoms in total. The normalized spacial score (nSPS) is 15.6. The Kier molecular flexibility index (Phi) is 3.05. The lowest BCUT2D eigenvalue weighted by Gasteiger charge is -2.14. The van der Waals surface area contributed by atoms with Gasteiger partial charge in [0, 0.05) is 18.7 Å². The monoisotopic (exact) mass is 281 g/mol. The van der Waals surface area contributed by atoms with Gasteiger partial charge in [0.1, 0.15) is 0 Å². The third kappa shape index (κ3) is 2.43. The number of nitrogens with zero attached hydrogens (tertiary/aromatic N) is 2. The molecule has 0 saturated heterocycles. The zero-order valence-corrected chi connectivity index (χ0v) is 10.7. The summed E-state index contributed by atoms with van der Waals surface area (Å²) in [6, 6.07) is 5.90. The first-order chi connectivity index (χ1) is 9.49. The third-order valence-corrected chi connectivity index (χ3v) is 3.45. The Morgan fingerprint density at radius 1 is 1.25 bits per heavy atom. The number of hydrogen-bond acceptors (Lipinski definition) is 2. The molecule has 20 heavy (non-hydrogen) atoms. The molecule has 1 aliphatic rings. The summed E-state index contributed by atoms with van der Waals surface area (Å²) in [4.78, 5) is 0. The summed E-state index contributed by atoms with van der Waals surface area (Å²) in [6.07, 6.45) is -0.711. The summed E-state index contributed by atoms with van der Waals surface area (Å²) in [5, 5.41) is 4.26. The Morgan fingerprint density at radius 3 is 2.60 bits per heavy atom. The zero-order chi connectivity index (χ0) is 14.3. The number of hydrogen-bond donors (Lipinski definition) is 1. The van der Waals surface area contributed by atoms with Crippen molar-refractivity contribution in [2.75, 3.05) is 0 Å². The van der Waals surface area contributed by atoms with Crippen LogP contribution in [0.2, 0.25) is 0 Å². The van der Waals surface area contributed by atoms with Gasteiger partial charge in [-0.3, -0.25) is 0 Å². The second kappa shape index (κ2) is 4.63. The maximum atomic E-state index is 13.1. The quantitative estimate of drug-likeness (QED) is 0.938. The minimum atomic E-state index is -4.42. The first-order valence-corrected chi connectivity index (χ1v) is 6.45. The molecule has 3 rings (SSSR count). The zero-order valence-electron chi connectivity index (χ0n) is 10.7. The fraction of sp³-hybridized carbons (Fsp3) is 0.357. The molecular weight excluding hydrogens is 267 g/mol. The molecule has 1 aromatic heterocycles. The van der Waals surface area contributed by atoms with Gasteiger partial charge >= 0.3 is 6.18 Å². The predicted molar refractivity (Wildman–Crippen MR) is 68.4 cm³/mol. The fourth-order valence-corrected chi connectivity index (χ4v) is 2.21. The number of halogens is 3. The van der Waals surface area contributed by atoms with Gasteiger partial charge in [0.05, 0.1) is 16.9 Å². The number of alkyl halides is 3. The van der Waals surface area contributed by atoms with E-state index in [0.29, 0.717) is 11.5 Å². The standard InChI is InChI=1S/C14H14F3N3/c15-14(16,17)11-7-9(8-18)1-4-13(11)20-6-5-12(19-20)10-2-3-10/h1,4-7,10H,2-3,8,18H2. The lowest BCUT2D eigenvalue weighted by Crippen LogP contribution is -2.13. The van der Waals surface area contributed by atoms with E-state index in [4.69, 9.17) is 5.73 Å². The highest BCUT2D eigenvalue weighted by molar-refractivity contribution is 5.45. The predicted octanol–water partition coefficient (Wildman–Crippen LogP) is 3.23. The van der Waals surface area contributed by atoms with E-state index in [1.807, 2.05) is 0 Å². The van der Waals surface area contributed by atoms with Gasteiger partial charge in [0.15, 0.2) is 0 Å². The van der Waals surface area contributed by atoms with E-state index in [1.54, 1.807) is 18.3 Å². The van der Waals surface area contributed by atoms with Crippen molar-refractivity contribution in [1.29, 1.82) is 0 Å². The van der Waals surface area contributed by atoms with Crippen molar-refractivity contribution in [2.24, 2.45) is 5.73 Å². The van der Waals surface area contributed by atoms with Crippen molar-refractivity contribution >= 4 is 0 Å². The fourth-order valence-electron chi connectivity index (χ4n) is 2.21. The molecule has 106 valence electrons. The van der Waals surface area contributed by atoms with Crippen LogP contribution in [-0.4, -0.2) is 9.78 Å². The van der Waals surface area contributed by atoms with Gasteiger partial charge in [-0.2, -0.15) is 18.3 Å². The van der Waals surface area contributed by atoms with E-state index in [0.717, 1.165) is 24.6 Å². The highest BCUT2D eigenvalue weighted by Gasteiger charge is 2.35. The van der Waals surface area contributed by atoms with Crippen LogP contribution in [0.1, 0.15) is 35.6 Å². The lowest BCUT2D eigenvalue weighted by atomic mass is 10.1. The van der Waals surface area contributed by atoms with Crippen LogP contribution in [0.5, 0.6) is 0 Å². The number of rotatable bonds is 3. The first kappa shape index (κ1) is 13.2. The van der Waals surface area contributed by atoms with E-state index in [-0.39, 0.29) is 12.2 Å². The average Bonchev–Trinajstić information content (AvgIpc) is 3.15. The van der Waals surface area contributed by atoms with Crippen molar-refractivity contribution in [1.82, 2.24) is 9.78 Å². The van der Waals surface area contributed by atoms with Crippen LogP contribution in [-0.2, 0) is 12.7 Å². The highest BCUT2D eigenvalue weighted by Crippen LogP contribution is 2.40. The maximum absolute atomic E-state index is 13.1. The molecule has 1 heterocycles. The van der Waals surface area contributed by atoms with Gasteiger partial charge in [-0.05, 0) is 36.6 Å². The maximum Gasteiger partial charge on any atom is 0.418 e. The van der Waals surface area contributed by atoms with Gasteiger partial charge in [-0.25, -0.2) is 4.68 Å². The summed E-state index contributed by atoms with van der Waals surface area (Å²) < 4.78 is 40.7. The molecule has 6 heteroatoms. The molecule has 2 N–H and O–H groups in total. The third-order valence-electron chi connectivity index (χ3n) is 3.45. The second-order valence-corrected chi connectivity index (χ2v) is 5.01. The Hall–Kier alpha value is -1.82. The summed E-state index contributed by atoms with van der Waals surface area (Å²) >= 11 is 0. The first-order valence-electron chi connectivity index (χ1n) is 6.45. The minimum Gasteiger partial charge on any atom is -0.326 e. The van der Waals surface area contributed by atoms with E-state index >= 15 is 0 Å². The molecule has 0 aliphatic heterocycles. The molecule has 1 fully saturated rings. The Morgan fingerprint density at radius 2 is 2.00 bits per heavy atom. The summed E-state index contributed by atoms with van der Waals surface area (Å²) in [5.74, 6) is 0.411. The van der Waals surface area contributed by atoms with E-state index < -0.39 is 11.7 Å². The van der Waals surface area contributed by atoms with Crippen molar-refractivity contribution in [2.45, 2.75) is 31.5 Å². The second-order valence-electron chi connectivity index (χ2n) is 5.01. The van der Waals surface area contributed by atoms with Crippen LogP contribution < -0.4 is 5.73 Å². The number of benzene rings is 1. The average molecular weight is 281 g/mol. The van der Waals surface area contributed by atoms with Crippen LogP contribution in [0.3, 0.4) is 0 Å². The van der Waals surface area contributed by atoms with Crippen molar-refractivity contribution in [3.8, 4) is 5.69 Å². The Balaban J connectivity index is 2.06. The van der Waals surface area contributed by atoms with Gasteiger partial charge in [0.2, 0.25) is 0 Å². The molecule has 2 aromatic rings. The number of aromatic nitrogens is 2. The van der Waals surface area contributed by atoms with Crippen LogP contribution in [0.4, 0.5) is 13.2 Å². The van der Waals surface area contributed by atoms with E-state index in [9.17, 15) is 13.2 Å². The van der Waals surface area contributed by atoms with Crippen molar-refractivity contribution in [3.05, 3.63) is 47.3 Å². The molecule has 0 unspecified atom stereocenters. The molecule has 0 spiro atoms. The summed E-state index contributed by atoms with van der Waals surface area (Å²) in [6.45, 7) is 0.0792. The summed E-state index contributed by atoms with van der Waals surface area (Å²) in [7, 11) is 0. The molecule has 0 radical (unpaired) electrons. The number of nitrogens with two attached hydrogens (primary N) is 1. The van der Waals surface area contributed by atoms with Gasteiger partial charge in [0.25, 0.3) is 0 Å². The lowest BCUT2D eigenvalue weighted by molar-refractivity contribution is -0.137. The minimum absolute atomic E-state index is 0.0431. The van der Waals surface area contributed by atoms with Gasteiger partial charge < -0.3 is 5.73 Å². The van der Waals surface area contributed by atoms with Crippen LogP contribution in [0, 0.1) is 0 Å². The summed E-state index contributed by atoms with van der Waals surface area (Å²) in [5.41, 5.74) is 6.07. The topological polar surface area (TPSA) is 43.8 Å². The Labute approximate surface area is 114 Å². The largest absolute Gasteiger partial charge is 0.418 e. The van der Waals surface area contributed by atoms with Crippen molar-refractivity contribution < 1.29 is 13.2 Å². The van der Waals surface area contributed by atoms with E-state index in [2.05, 4.69) is 5.10 Å². The molecule has 0 bridgehead atoms. The van der Waals surface area contributed by atoms with Gasteiger partial charge in [-0.1, -0.05) is 6.07 Å². The van der Waals surface area contributed by atoms with Crippen molar-refractivity contribution in [3.63, 3.8) is 0 Å². The molecule has 1 saturated carbocycles. The highest BCUT2D eigenvalue weighted by atomic mass is 19.4. The Bertz CT molecular complexity index is 627. The molecule has 1 aromatic carbocycles. The molecule has 0 atom stereocenters. The SMILES string of the molecule is NCc1ccc(-n2ccc(C3CC3)n2)c(C(F)(F)F)c1. The van der Waals surface area contributed by atoms with Crippen LogP contribution in [0.25, 0.3) is 5.69 Å². The van der Waals surface area contributed by atoms with Crippen LogP contribution in [0.15, 0.2) is 30.5 Å². The molecule has 0 amide bonds. The smallest absolute Gasteiger partial charge is 0.326 e.